The molecule has 0 aromatic heterocycles. The van der Waals surface area contributed by atoms with Gasteiger partial charge < -0.3 is 15.3 Å². The maximum atomic E-state index is 12.8. The van der Waals surface area contributed by atoms with Crippen LogP contribution in [0.5, 0.6) is 0 Å². The normalized spacial score (nSPS) is 38.2. The molecule has 0 spiro atoms. The van der Waals surface area contributed by atoms with Gasteiger partial charge in [-0.3, -0.25) is 4.79 Å². The lowest BCUT2D eigenvalue weighted by Gasteiger charge is -2.60. The van der Waals surface area contributed by atoms with E-state index in [4.69, 9.17) is 0 Å². The van der Waals surface area contributed by atoms with E-state index in [1.165, 1.54) is 12.1 Å². The maximum Gasteiger partial charge on any atom is 0.220 e. The average Bonchev–Trinajstić information content (AvgIpc) is 2.60. The van der Waals surface area contributed by atoms with Crippen molar-refractivity contribution in [1.82, 2.24) is 5.32 Å². The highest BCUT2D eigenvalue weighted by atomic mass is 16.3. The van der Waals surface area contributed by atoms with Crippen molar-refractivity contribution in [2.45, 2.75) is 69.4 Å². The number of nitrogens with one attached hydrogen (secondary N) is 1. The second kappa shape index (κ2) is 6.51. The summed E-state index contributed by atoms with van der Waals surface area (Å²) in [7, 11) is 0. The highest BCUT2D eigenvalue weighted by Gasteiger charge is 2.57. The van der Waals surface area contributed by atoms with Gasteiger partial charge >= 0.3 is 0 Å². The van der Waals surface area contributed by atoms with Crippen molar-refractivity contribution in [2.75, 3.05) is 18.0 Å². The fourth-order valence-corrected chi connectivity index (χ4v) is 7.15. The van der Waals surface area contributed by atoms with Crippen LogP contribution in [-0.4, -0.2) is 35.7 Å². The topological polar surface area (TPSA) is 52.6 Å². The highest BCUT2D eigenvalue weighted by Crippen LogP contribution is 2.62. The number of anilines is 1. The van der Waals surface area contributed by atoms with Crippen LogP contribution in [0.4, 0.5) is 5.69 Å². The van der Waals surface area contributed by atoms with Crippen LogP contribution < -0.4 is 10.2 Å². The fraction of sp³-hybridized carbons (Fsp3) is 0.696. The van der Waals surface area contributed by atoms with Gasteiger partial charge in [0.1, 0.15) is 0 Å². The lowest BCUT2D eigenvalue weighted by atomic mass is 9.47. The van der Waals surface area contributed by atoms with Gasteiger partial charge in [-0.1, -0.05) is 18.2 Å². The van der Waals surface area contributed by atoms with Gasteiger partial charge in [-0.05, 0) is 80.8 Å². The Balaban J connectivity index is 1.15. The van der Waals surface area contributed by atoms with Crippen LogP contribution >= 0.6 is 0 Å². The average molecular weight is 369 g/mol. The Morgan fingerprint density at radius 3 is 2.37 bits per heavy atom. The second-order valence-electron chi connectivity index (χ2n) is 10.0. The SMILES string of the molecule is O=C(CC12CC3CC(CC(O)(C3)C1)C2)NC1CCN(c2ccccc2)CC1. The number of benzene rings is 1. The van der Waals surface area contributed by atoms with E-state index in [0.29, 0.717) is 24.3 Å². The number of piperidine rings is 1. The van der Waals surface area contributed by atoms with E-state index < -0.39 is 5.60 Å². The molecule has 4 bridgehead atoms. The van der Waals surface area contributed by atoms with Crippen LogP contribution in [0, 0.1) is 17.3 Å². The molecular formula is C23H32N2O2. The molecule has 1 saturated heterocycles. The standard InChI is InChI=1S/C23H32N2O2/c26-21(15-22-11-17-10-18(12-22)14-23(27,13-17)16-22)24-19-6-8-25(9-7-19)20-4-2-1-3-5-20/h1-5,17-19,27H,6-16H2,(H,24,26). The largest absolute Gasteiger partial charge is 0.390 e. The van der Waals surface area contributed by atoms with Gasteiger partial charge in [-0.25, -0.2) is 0 Å². The lowest BCUT2D eigenvalue weighted by Crippen LogP contribution is -2.57. The summed E-state index contributed by atoms with van der Waals surface area (Å²) < 4.78 is 0. The van der Waals surface area contributed by atoms with Crippen LogP contribution in [0.15, 0.2) is 30.3 Å². The molecule has 2 atom stereocenters. The van der Waals surface area contributed by atoms with Crippen molar-refractivity contribution in [3.05, 3.63) is 30.3 Å². The summed E-state index contributed by atoms with van der Waals surface area (Å²) in [5, 5.41) is 14.2. The Kier molecular flexibility index (Phi) is 4.23. The maximum absolute atomic E-state index is 12.8. The van der Waals surface area contributed by atoms with Gasteiger partial charge in [0, 0.05) is 31.2 Å². The third-order valence-electron chi connectivity index (χ3n) is 7.67. The van der Waals surface area contributed by atoms with Crippen LogP contribution in [0.3, 0.4) is 0 Å². The highest BCUT2D eigenvalue weighted by molar-refractivity contribution is 5.77. The predicted molar refractivity (Wildman–Crippen MR) is 107 cm³/mol. The first-order valence-electron chi connectivity index (χ1n) is 10.8. The first kappa shape index (κ1) is 17.5. The summed E-state index contributed by atoms with van der Waals surface area (Å²) >= 11 is 0. The molecule has 5 aliphatic rings. The molecule has 5 fully saturated rings. The number of amides is 1. The summed E-state index contributed by atoms with van der Waals surface area (Å²) in [6.07, 6.45) is 9.07. The van der Waals surface area contributed by atoms with Crippen molar-refractivity contribution in [3.8, 4) is 0 Å². The van der Waals surface area contributed by atoms with E-state index in [9.17, 15) is 9.90 Å². The van der Waals surface area contributed by atoms with E-state index in [2.05, 4.69) is 40.5 Å². The van der Waals surface area contributed by atoms with E-state index in [1.54, 1.807) is 0 Å². The molecule has 1 heterocycles. The Morgan fingerprint density at radius 1 is 1.07 bits per heavy atom. The third kappa shape index (κ3) is 3.49. The number of hydrogen-bond acceptors (Lipinski definition) is 3. The zero-order valence-electron chi connectivity index (χ0n) is 16.2. The van der Waals surface area contributed by atoms with Crippen LogP contribution in [0.25, 0.3) is 0 Å². The number of para-hydroxylation sites is 1. The molecule has 1 aromatic carbocycles. The molecule has 0 radical (unpaired) electrons. The molecular weight excluding hydrogens is 336 g/mol. The smallest absolute Gasteiger partial charge is 0.220 e. The minimum absolute atomic E-state index is 0.0770. The summed E-state index contributed by atoms with van der Waals surface area (Å²) in [5.74, 6) is 1.52. The zero-order chi connectivity index (χ0) is 18.5. The van der Waals surface area contributed by atoms with Gasteiger partial charge in [0.2, 0.25) is 5.91 Å². The zero-order valence-corrected chi connectivity index (χ0v) is 16.2. The number of carbonyl (C=O) groups excluding carboxylic acids is 1. The van der Waals surface area contributed by atoms with Crippen molar-refractivity contribution in [3.63, 3.8) is 0 Å². The van der Waals surface area contributed by atoms with Crippen LogP contribution in [0.1, 0.15) is 57.8 Å². The first-order chi connectivity index (χ1) is 13.0. The molecule has 2 unspecified atom stereocenters. The fourth-order valence-electron chi connectivity index (χ4n) is 7.15. The van der Waals surface area contributed by atoms with Gasteiger partial charge in [-0.2, -0.15) is 0 Å². The van der Waals surface area contributed by atoms with Gasteiger partial charge in [0.25, 0.3) is 0 Å². The van der Waals surface area contributed by atoms with Crippen molar-refractivity contribution in [2.24, 2.45) is 17.3 Å². The second-order valence-corrected chi connectivity index (χ2v) is 10.0. The van der Waals surface area contributed by atoms with Crippen LogP contribution in [-0.2, 0) is 4.79 Å². The molecule has 1 aliphatic heterocycles. The minimum Gasteiger partial charge on any atom is -0.390 e. The van der Waals surface area contributed by atoms with Gasteiger partial charge in [-0.15, -0.1) is 0 Å². The number of rotatable bonds is 4. The molecule has 1 aromatic rings. The summed E-state index contributed by atoms with van der Waals surface area (Å²) in [5.41, 5.74) is 0.892. The summed E-state index contributed by atoms with van der Waals surface area (Å²) in [6, 6.07) is 10.9. The third-order valence-corrected chi connectivity index (χ3v) is 7.67. The van der Waals surface area contributed by atoms with E-state index in [1.807, 2.05) is 0 Å². The molecule has 2 N–H and O–H groups in total. The molecule has 4 heteroatoms. The molecule has 4 aliphatic carbocycles. The monoisotopic (exact) mass is 368 g/mol. The summed E-state index contributed by atoms with van der Waals surface area (Å²) in [6.45, 7) is 2.01. The van der Waals surface area contributed by atoms with E-state index in [0.717, 1.165) is 58.0 Å². The Hall–Kier alpha value is -1.55. The lowest BCUT2D eigenvalue weighted by molar-refractivity contribution is -0.169. The Bertz CT molecular complexity index is 682. The molecule has 1 amide bonds. The number of hydrogen-bond donors (Lipinski definition) is 2. The molecule has 27 heavy (non-hydrogen) atoms. The van der Waals surface area contributed by atoms with Crippen LogP contribution in [0.2, 0.25) is 0 Å². The van der Waals surface area contributed by atoms with Gasteiger partial charge in [0.05, 0.1) is 5.60 Å². The van der Waals surface area contributed by atoms with Crippen molar-refractivity contribution in [1.29, 1.82) is 0 Å². The number of nitrogens with zero attached hydrogens (tertiary/aromatic N) is 1. The molecule has 6 rings (SSSR count). The molecule has 4 nitrogen and oxygen atoms in total. The molecule has 4 saturated carbocycles. The Labute approximate surface area is 162 Å². The van der Waals surface area contributed by atoms with E-state index >= 15 is 0 Å². The Morgan fingerprint density at radius 2 is 1.74 bits per heavy atom. The first-order valence-corrected chi connectivity index (χ1v) is 10.8. The van der Waals surface area contributed by atoms with Crippen molar-refractivity contribution >= 4 is 11.6 Å². The summed E-state index contributed by atoms with van der Waals surface area (Å²) in [4.78, 5) is 15.3. The van der Waals surface area contributed by atoms with Gasteiger partial charge in [0.15, 0.2) is 0 Å². The van der Waals surface area contributed by atoms with E-state index in [-0.39, 0.29) is 11.3 Å². The van der Waals surface area contributed by atoms with Crippen molar-refractivity contribution < 1.29 is 9.90 Å². The predicted octanol–water partition coefficient (Wildman–Crippen LogP) is 3.49. The number of aliphatic hydroxyl groups is 1. The number of carbonyl (C=O) groups is 1. The quantitative estimate of drug-likeness (QED) is 0.855. The molecule has 146 valence electrons. The minimum atomic E-state index is -0.467.